The van der Waals surface area contributed by atoms with Gasteiger partial charge < -0.3 is 10.1 Å². The Labute approximate surface area is 156 Å². The summed E-state index contributed by atoms with van der Waals surface area (Å²) in [6.45, 7) is 2.93. The normalized spacial score (nSPS) is 25.2. The first-order valence-electron chi connectivity index (χ1n) is 8.94. The molecule has 2 aliphatic heterocycles. The van der Waals surface area contributed by atoms with Crippen LogP contribution in [-0.4, -0.2) is 42.0 Å². The molecule has 1 aromatic carbocycles. The molecule has 2 aromatic rings. The van der Waals surface area contributed by atoms with Crippen LogP contribution in [0.3, 0.4) is 0 Å². The molecule has 2 saturated heterocycles. The molecule has 0 spiro atoms. The van der Waals surface area contributed by atoms with E-state index in [1.807, 2.05) is 17.5 Å². The maximum Gasteiger partial charge on any atom is 0.246 e. The number of nitrogens with zero attached hydrogens (tertiary/aromatic N) is 2. The fraction of sp³-hybridized carbons (Fsp3) is 0.474. The second-order valence-electron chi connectivity index (χ2n) is 6.93. The van der Waals surface area contributed by atoms with Gasteiger partial charge in [0.05, 0.1) is 6.54 Å². The number of hydrogen-bond acceptors (Lipinski definition) is 5. The van der Waals surface area contributed by atoms with Crippen molar-refractivity contribution in [2.45, 2.75) is 25.0 Å². The smallest absolute Gasteiger partial charge is 0.246 e. The first-order chi connectivity index (χ1) is 12.7. The lowest BCUT2D eigenvalue weighted by molar-refractivity contribution is -0.158. The van der Waals surface area contributed by atoms with E-state index in [1.54, 1.807) is 23.6 Å². The number of thiazole rings is 1. The van der Waals surface area contributed by atoms with Gasteiger partial charge in [-0.25, -0.2) is 9.37 Å². The van der Waals surface area contributed by atoms with E-state index in [-0.39, 0.29) is 24.2 Å². The summed E-state index contributed by atoms with van der Waals surface area (Å²) in [5, 5.41) is 5.84. The molecule has 0 bridgehead atoms. The molecule has 7 heteroatoms. The zero-order valence-corrected chi connectivity index (χ0v) is 15.3. The van der Waals surface area contributed by atoms with E-state index in [1.165, 1.54) is 6.07 Å². The van der Waals surface area contributed by atoms with Crippen LogP contribution in [0.1, 0.15) is 23.4 Å². The van der Waals surface area contributed by atoms with Gasteiger partial charge in [-0.3, -0.25) is 9.69 Å². The van der Waals surface area contributed by atoms with E-state index < -0.39 is 5.60 Å². The van der Waals surface area contributed by atoms with E-state index in [4.69, 9.17) is 4.74 Å². The highest BCUT2D eigenvalue weighted by atomic mass is 32.1. The number of piperidine rings is 1. The zero-order valence-electron chi connectivity index (χ0n) is 14.5. The molecule has 0 saturated carbocycles. The van der Waals surface area contributed by atoms with Gasteiger partial charge in [0.15, 0.2) is 0 Å². The maximum atomic E-state index is 13.9. The number of aromatic nitrogens is 1. The first kappa shape index (κ1) is 17.6. The molecule has 5 nitrogen and oxygen atoms in total. The average Bonchev–Trinajstić information content (AvgIpc) is 3.21. The van der Waals surface area contributed by atoms with E-state index in [0.29, 0.717) is 13.1 Å². The van der Waals surface area contributed by atoms with Crippen LogP contribution in [0.25, 0.3) is 0 Å². The number of rotatable bonds is 4. The van der Waals surface area contributed by atoms with Crippen molar-refractivity contribution in [3.63, 3.8) is 0 Å². The van der Waals surface area contributed by atoms with Crippen LogP contribution in [-0.2, 0) is 21.7 Å². The topological polar surface area (TPSA) is 54.5 Å². The van der Waals surface area contributed by atoms with Gasteiger partial charge in [0, 0.05) is 23.7 Å². The molecule has 1 N–H and O–H groups in total. The summed E-state index contributed by atoms with van der Waals surface area (Å²) in [6, 6.07) is 6.95. The van der Waals surface area contributed by atoms with Gasteiger partial charge in [-0.05, 0) is 37.9 Å². The molecule has 138 valence electrons. The highest BCUT2D eigenvalue weighted by Crippen LogP contribution is 2.41. The van der Waals surface area contributed by atoms with Crippen molar-refractivity contribution >= 4 is 17.2 Å². The number of hydrogen-bond donors (Lipinski definition) is 1. The minimum absolute atomic E-state index is 0.0748. The van der Waals surface area contributed by atoms with Crippen molar-refractivity contribution in [1.29, 1.82) is 0 Å². The molecule has 1 atom stereocenters. The predicted octanol–water partition coefficient (Wildman–Crippen LogP) is 2.54. The Balaban J connectivity index is 1.45. The minimum atomic E-state index is -0.536. The zero-order chi connectivity index (χ0) is 18.0. The number of morpholine rings is 1. The second-order valence-corrected chi connectivity index (χ2v) is 7.83. The number of carbonyl (C=O) groups is 1. The molecule has 0 aliphatic carbocycles. The molecule has 2 aliphatic rings. The number of amides is 1. The standard InChI is InChI=1S/C19H22FN3O2S/c20-16-4-2-1-3-14(16)11-23-8-5-15(6-9-23)19(18-21-7-10-26-18)13-22-17(24)12-25-19/h1-4,7,10,15H,5-6,8-9,11-13H2,(H,22,24)/t19-/m0/s1. The number of nitrogens with one attached hydrogen (secondary N) is 1. The fourth-order valence-corrected chi connectivity index (χ4v) is 4.83. The molecule has 0 radical (unpaired) electrons. The van der Waals surface area contributed by atoms with Gasteiger partial charge >= 0.3 is 0 Å². The van der Waals surface area contributed by atoms with Crippen LogP contribution in [0.2, 0.25) is 0 Å². The van der Waals surface area contributed by atoms with Crippen LogP contribution < -0.4 is 5.32 Å². The molecule has 26 heavy (non-hydrogen) atoms. The van der Waals surface area contributed by atoms with E-state index in [2.05, 4.69) is 15.2 Å². The lowest BCUT2D eigenvalue weighted by Gasteiger charge is -2.45. The molecule has 0 unspecified atom stereocenters. The second kappa shape index (κ2) is 7.42. The number of benzene rings is 1. The Morgan fingerprint density at radius 2 is 2.15 bits per heavy atom. The number of halogens is 1. The highest BCUT2D eigenvalue weighted by Gasteiger charge is 2.47. The van der Waals surface area contributed by atoms with Crippen molar-refractivity contribution in [1.82, 2.24) is 15.2 Å². The Morgan fingerprint density at radius 1 is 1.35 bits per heavy atom. The molecule has 4 rings (SSSR count). The van der Waals surface area contributed by atoms with E-state index in [0.717, 1.165) is 36.5 Å². The van der Waals surface area contributed by atoms with Gasteiger partial charge in [-0.2, -0.15) is 0 Å². The van der Waals surface area contributed by atoms with Crippen molar-refractivity contribution in [2.75, 3.05) is 26.2 Å². The van der Waals surface area contributed by atoms with Crippen LogP contribution in [0.15, 0.2) is 35.8 Å². The van der Waals surface area contributed by atoms with Gasteiger partial charge in [0.1, 0.15) is 23.0 Å². The Kier molecular flexibility index (Phi) is 5.02. The molecule has 1 amide bonds. The summed E-state index contributed by atoms with van der Waals surface area (Å²) in [5.41, 5.74) is 0.202. The van der Waals surface area contributed by atoms with Gasteiger partial charge in [-0.15, -0.1) is 11.3 Å². The lowest BCUT2D eigenvalue weighted by atomic mass is 9.79. The van der Waals surface area contributed by atoms with E-state index in [9.17, 15) is 9.18 Å². The van der Waals surface area contributed by atoms with Crippen LogP contribution in [0, 0.1) is 11.7 Å². The molecular formula is C19H22FN3O2S. The first-order valence-corrected chi connectivity index (χ1v) is 9.82. The summed E-state index contributed by atoms with van der Waals surface area (Å²) in [7, 11) is 0. The summed E-state index contributed by atoms with van der Waals surface area (Å²) in [5.74, 6) is 0.0625. The van der Waals surface area contributed by atoms with Gasteiger partial charge in [0.2, 0.25) is 5.91 Å². The van der Waals surface area contributed by atoms with E-state index >= 15 is 0 Å². The summed E-state index contributed by atoms with van der Waals surface area (Å²) < 4.78 is 20.0. The third-order valence-electron chi connectivity index (χ3n) is 5.40. The van der Waals surface area contributed by atoms with Gasteiger partial charge in [-0.1, -0.05) is 18.2 Å². The largest absolute Gasteiger partial charge is 0.356 e. The third-order valence-corrected chi connectivity index (χ3v) is 6.33. The molecule has 2 fully saturated rings. The Hall–Kier alpha value is -1.83. The molecule has 3 heterocycles. The minimum Gasteiger partial charge on any atom is -0.356 e. The van der Waals surface area contributed by atoms with Crippen molar-refractivity contribution in [3.8, 4) is 0 Å². The van der Waals surface area contributed by atoms with Crippen molar-refractivity contribution in [3.05, 3.63) is 52.2 Å². The quantitative estimate of drug-likeness (QED) is 0.892. The molecule has 1 aromatic heterocycles. The fourth-order valence-electron chi connectivity index (χ4n) is 3.96. The summed E-state index contributed by atoms with van der Waals surface area (Å²) >= 11 is 1.58. The van der Waals surface area contributed by atoms with Gasteiger partial charge in [0.25, 0.3) is 0 Å². The monoisotopic (exact) mass is 375 g/mol. The number of ether oxygens (including phenoxy) is 1. The highest BCUT2D eigenvalue weighted by molar-refractivity contribution is 7.09. The predicted molar refractivity (Wildman–Crippen MR) is 97.2 cm³/mol. The Morgan fingerprint density at radius 3 is 2.81 bits per heavy atom. The van der Waals surface area contributed by atoms with Crippen LogP contribution in [0.5, 0.6) is 0 Å². The summed E-state index contributed by atoms with van der Waals surface area (Å²) in [6.07, 6.45) is 3.66. The Bertz CT molecular complexity index is 750. The van der Waals surface area contributed by atoms with Crippen LogP contribution >= 0.6 is 11.3 Å². The SMILES string of the molecule is O=C1CO[C@](c2nccs2)(C2CCN(Cc3ccccc3F)CC2)CN1. The number of carbonyl (C=O) groups excluding carboxylic acids is 1. The maximum absolute atomic E-state index is 13.9. The third kappa shape index (κ3) is 3.39. The average molecular weight is 375 g/mol. The summed E-state index contributed by atoms with van der Waals surface area (Å²) in [4.78, 5) is 18.4. The molecular weight excluding hydrogens is 353 g/mol. The van der Waals surface area contributed by atoms with Crippen molar-refractivity contribution < 1.29 is 13.9 Å². The van der Waals surface area contributed by atoms with Crippen molar-refractivity contribution in [2.24, 2.45) is 5.92 Å². The lowest BCUT2D eigenvalue weighted by Crippen LogP contribution is -2.56. The number of likely N-dealkylation sites (tertiary alicyclic amines) is 1. The van der Waals surface area contributed by atoms with Crippen LogP contribution in [0.4, 0.5) is 4.39 Å².